The number of piperazine rings is 1. The number of alkyl halides is 3. The van der Waals surface area contributed by atoms with Crippen LogP contribution in [0.2, 0.25) is 0 Å². The summed E-state index contributed by atoms with van der Waals surface area (Å²) in [6, 6.07) is 6.35. The normalized spacial score (nSPS) is 14.2. The zero-order chi connectivity index (χ0) is 23.4. The van der Waals surface area contributed by atoms with Gasteiger partial charge in [-0.3, -0.25) is 14.6 Å². The van der Waals surface area contributed by atoms with Gasteiger partial charge in [0.1, 0.15) is 0 Å². The number of hydrogen-bond acceptors (Lipinski definition) is 7. The van der Waals surface area contributed by atoms with E-state index in [4.69, 9.17) is 0 Å². The third-order valence-corrected chi connectivity index (χ3v) is 5.09. The van der Waals surface area contributed by atoms with Crippen LogP contribution in [0.5, 0.6) is 0 Å². The van der Waals surface area contributed by atoms with Crippen molar-refractivity contribution >= 4 is 23.3 Å². The highest BCUT2D eigenvalue weighted by Gasteiger charge is 2.36. The molecule has 0 radical (unpaired) electrons. The van der Waals surface area contributed by atoms with Crippen LogP contribution in [-0.4, -0.2) is 63.1 Å². The maximum Gasteiger partial charge on any atom is 0.417 e. The molecular formula is C21H18F3N7O2. The van der Waals surface area contributed by atoms with E-state index in [9.17, 15) is 22.8 Å². The van der Waals surface area contributed by atoms with Crippen molar-refractivity contribution in [1.82, 2.24) is 25.1 Å². The zero-order valence-electron chi connectivity index (χ0n) is 17.2. The number of halogens is 3. The lowest BCUT2D eigenvalue weighted by Gasteiger charge is -2.36. The van der Waals surface area contributed by atoms with Crippen molar-refractivity contribution in [3.8, 4) is 0 Å². The van der Waals surface area contributed by atoms with Crippen LogP contribution in [0.4, 0.5) is 24.7 Å². The maximum atomic E-state index is 13.3. The molecule has 0 bridgehead atoms. The Balaban J connectivity index is 1.47. The number of aromatic nitrogens is 4. The van der Waals surface area contributed by atoms with Gasteiger partial charge in [-0.2, -0.15) is 18.3 Å². The molecule has 1 aliphatic rings. The molecule has 1 aliphatic heterocycles. The van der Waals surface area contributed by atoms with Crippen LogP contribution >= 0.6 is 0 Å². The van der Waals surface area contributed by atoms with Gasteiger partial charge in [-0.05, 0) is 18.2 Å². The van der Waals surface area contributed by atoms with E-state index in [1.54, 1.807) is 6.07 Å². The van der Waals surface area contributed by atoms with Crippen LogP contribution in [0.15, 0.2) is 55.1 Å². The van der Waals surface area contributed by atoms with Crippen LogP contribution in [0.25, 0.3) is 0 Å². The average Bonchev–Trinajstić information content (AvgIpc) is 2.84. The van der Waals surface area contributed by atoms with Crippen LogP contribution in [0, 0.1) is 0 Å². The lowest BCUT2D eigenvalue weighted by atomic mass is 10.1. The van der Waals surface area contributed by atoms with E-state index < -0.39 is 23.6 Å². The summed E-state index contributed by atoms with van der Waals surface area (Å²) >= 11 is 0. The molecule has 0 aliphatic carbocycles. The highest BCUT2D eigenvalue weighted by Crippen LogP contribution is 2.32. The summed E-state index contributed by atoms with van der Waals surface area (Å²) in [4.78, 5) is 36.6. The molecule has 3 aromatic rings. The zero-order valence-corrected chi connectivity index (χ0v) is 17.2. The maximum absolute atomic E-state index is 13.3. The summed E-state index contributed by atoms with van der Waals surface area (Å²) in [6.07, 6.45) is 1.10. The fourth-order valence-corrected chi connectivity index (χ4v) is 3.52. The van der Waals surface area contributed by atoms with Crippen molar-refractivity contribution in [3.05, 3.63) is 71.9 Å². The largest absolute Gasteiger partial charge is 0.417 e. The fraction of sp³-hybridized carbons (Fsp3) is 0.238. The third-order valence-electron chi connectivity index (χ3n) is 5.09. The van der Waals surface area contributed by atoms with E-state index in [1.165, 1.54) is 47.9 Å². The molecule has 1 N–H and O–H groups in total. The SMILES string of the molecule is O=C(Nc1cnccn1)c1nnccc1N1CCN(C(=O)c2ccccc2C(F)(F)F)CC1. The standard InChI is InChI=1S/C21H18F3N7O2/c22-21(23,24)15-4-2-1-3-14(15)20(33)31-11-9-30(10-12-31)16-5-6-27-29-18(16)19(32)28-17-13-25-7-8-26-17/h1-8,13H,9-12H2,(H,26,28,32). The van der Waals surface area contributed by atoms with Gasteiger partial charge in [0.2, 0.25) is 0 Å². The second-order valence-electron chi connectivity index (χ2n) is 7.13. The predicted molar refractivity (Wildman–Crippen MR) is 112 cm³/mol. The van der Waals surface area contributed by atoms with Crippen molar-refractivity contribution < 1.29 is 22.8 Å². The molecule has 4 rings (SSSR count). The highest BCUT2D eigenvalue weighted by molar-refractivity contribution is 6.06. The number of nitrogens with one attached hydrogen (secondary N) is 1. The number of benzene rings is 1. The molecular weight excluding hydrogens is 439 g/mol. The Morgan fingerprint density at radius 2 is 1.73 bits per heavy atom. The summed E-state index contributed by atoms with van der Waals surface area (Å²) in [5.41, 5.74) is -0.786. The second-order valence-corrected chi connectivity index (χ2v) is 7.13. The lowest BCUT2D eigenvalue weighted by Crippen LogP contribution is -2.49. The van der Waals surface area contributed by atoms with Gasteiger partial charge in [-0.1, -0.05) is 12.1 Å². The van der Waals surface area contributed by atoms with E-state index >= 15 is 0 Å². The molecule has 0 atom stereocenters. The second kappa shape index (κ2) is 9.18. The monoisotopic (exact) mass is 457 g/mol. The minimum atomic E-state index is -4.62. The number of anilines is 2. The molecule has 1 aromatic carbocycles. The molecule has 33 heavy (non-hydrogen) atoms. The van der Waals surface area contributed by atoms with Crippen molar-refractivity contribution in [3.63, 3.8) is 0 Å². The Kier molecular flexibility index (Phi) is 6.16. The summed E-state index contributed by atoms with van der Waals surface area (Å²) in [6.45, 7) is 0.964. The van der Waals surface area contributed by atoms with Crippen molar-refractivity contribution in [2.75, 3.05) is 36.4 Å². The number of rotatable bonds is 4. The first-order valence-corrected chi connectivity index (χ1v) is 9.94. The molecule has 0 saturated carbocycles. The van der Waals surface area contributed by atoms with Gasteiger partial charge < -0.3 is 15.1 Å². The Bertz CT molecular complexity index is 1150. The van der Waals surface area contributed by atoms with Gasteiger partial charge in [-0.25, -0.2) is 4.98 Å². The van der Waals surface area contributed by atoms with E-state index in [0.29, 0.717) is 18.8 Å². The van der Waals surface area contributed by atoms with E-state index in [0.717, 1.165) is 6.07 Å². The summed E-state index contributed by atoms with van der Waals surface area (Å²) in [7, 11) is 0. The molecule has 2 aromatic heterocycles. The first-order valence-electron chi connectivity index (χ1n) is 9.94. The number of nitrogens with zero attached hydrogens (tertiary/aromatic N) is 6. The van der Waals surface area contributed by atoms with E-state index in [1.807, 2.05) is 4.90 Å². The minimum Gasteiger partial charge on any atom is -0.366 e. The lowest BCUT2D eigenvalue weighted by molar-refractivity contribution is -0.138. The predicted octanol–water partition coefficient (Wildman–Crippen LogP) is 2.50. The number of amides is 2. The Morgan fingerprint density at radius 3 is 2.42 bits per heavy atom. The van der Waals surface area contributed by atoms with Crippen molar-refractivity contribution in [2.24, 2.45) is 0 Å². The van der Waals surface area contributed by atoms with Gasteiger partial charge in [0.25, 0.3) is 11.8 Å². The molecule has 3 heterocycles. The number of carbonyl (C=O) groups excluding carboxylic acids is 2. The molecule has 9 nitrogen and oxygen atoms in total. The topological polar surface area (TPSA) is 104 Å². The van der Waals surface area contributed by atoms with Crippen LogP contribution < -0.4 is 10.2 Å². The van der Waals surface area contributed by atoms with Crippen LogP contribution in [0.1, 0.15) is 26.4 Å². The Hall–Kier alpha value is -4.09. The first-order chi connectivity index (χ1) is 15.8. The molecule has 2 amide bonds. The summed E-state index contributed by atoms with van der Waals surface area (Å²) in [5.74, 6) is -0.967. The minimum absolute atomic E-state index is 0.0605. The van der Waals surface area contributed by atoms with Crippen LogP contribution in [0.3, 0.4) is 0 Å². The molecule has 0 unspecified atom stereocenters. The van der Waals surface area contributed by atoms with Gasteiger partial charge in [0, 0.05) is 38.6 Å². The van der Waals surface area contributed by atoms with Crippen LogP contribution in [-0.2, 0) is 6.18 Å². The quantitative estimate of drug-likeness (QED) is 0.642. The number of hydrogen-bond donors (Lipinski definition) is 1. The number of carbonyl (C=O) groups is 2. The third kappa shape index (κ3) is 4.89. The first kappa shape index (κ1) is 22.1. The van der Waals surface area contributed by atoms with Crippen molar-refractivity contribution in [2.45, 2.75) is 6.18 Å². The van der Waals surface area contributed by atoms with Crippen molar-refractivity contribution in [1.29, 1.82) is 0 Å². The fourth-order valence-electron chi connectivity index (χ4n) is 3.52. The highest BCUT2D eigenvalue weighted by atomic mass is 19.4. The molecule has 1 saturated heterocycles. The molecule has 1 fully saturated rings. The molecule has 12 heteroatoms. The Morgan fingerprint density at radius 1 is 0.970 bits per heavy atom. The average molecular weight is 457 g/mol. The smallest absolute Gasteiger partial charge is 0.366 e. The molecule has 170 valence electrons. The van der Waals surface area contributed by atoms with Gasteiger partial charge >= 0.3 is 6.18 Å². The van der Waals surface area contributed by atoms with Gasteiger partial charge in [0.05, 0.1) is 29.2 Å². The van der Waals surface area contributed by atoms with E-state index in [-0.39, 0.29) is 30.2 Å². The summed E-state index contributed by atoms with van der Waals surface area (Å²) < 4.78 is 39.9. The van der Waals surface area contributed by atoms with Gasteiger partial charge in [-0.15, -0.1) is 5.10 Å². The van der Waals surface area contributed by atoms with E-state index in [2.05, 4.69) is 25.5 Å². The molecule has 0 spiro atoms. The van der Waals surface area contributed by atoms with Gasteiger partial charge in [0.15, 0.2) is 11.5 Å². The summed E-state index contributed by atoms with van der Waals surface area (Å²) in [5, 5.41) is 10.3. The Labute approximate surface area is 186 Å².